The number of carbonyl (C=O) groups is 1. The van der Waals surface area contributed by atoms with Crippen LogP contribution < -0.4 is 4.90 Å². The topological polar surface area (TPSA) is 37.6 Å². The summed E-state index contributed by atoms with van der Waals surface area (Å²) in [5.74, 6) is 1.64. The smallest absolute Gasteiger partial charge is 0.278 e. The molecule has 4 nitrogen and oxygen atoms in total. The molecule has 1 aromatic carbocycles. The Morgan fingerprint density at radius 1 is 1.33 bits per heavy atom. The number of benzene rings is 1. The molecule has 1 fully saturated rings. The van der Waals surface area contributed by atoms with Crippen molar-refractivity contribution in [3.05, 3.63) is 29.3 Å². The number of nitrogens with one attached hydrogen (secondary N) is 1. The van der Waals surface area contributed by atoms with Gasteiger partial charge in [-0.2, -0.15) is 0 Å². The van der Waals surface area contributed by atoms with Gasteiger partial charge in [0.1, 0.15) is 5.01 Å². The molecule has 1 unspecified atom stereocenters. The number of rotatable bonds is 4. The van der Waals surface area contributed by atoms with Gasteiger partial charge < -0.3 is 9.80 Å². The number of nitrogens with zero attached hydrogens (tertiary/aromatic N) is 2. The van der Waals surface area contributed by atoms with Crippen molar-refractivity contribution < 1.29 is 9.69 Å². The van der Waals surface area contributed by atoms with Crippen LogP contribution in [0.15, 0.2) is 24.3 Å². The number of aromatic nitrogens is 1. The van der Waals surface area contributed by atoms with Crippen molar-refractivity contribution in [1.82, 2.24) is 9.88 Å². The van der Waals surface area contributed by atoms with E-state index in [1.165, 1.54) is 16.0 Å². The number of para-hydroxylation sites is 1. The third kappa shape index (κ3) is 3.78. The average Bonchev–Trinajstić information content (AvgIpc) is 2.96. The molecule has 0 bridgehead atoms. The first-order chi connectivity index (χ1) is 11.4. The molecule has 0 spiro atoms. The van der Waals surface area contributed by atoms with E-state index in [4.69, 9.17) is 4.98 Å². The lowest BCUT2D eigenvalue weighted by Gasteiger charge is -2.33. The van der Waals surface area contributed by atoms with Crippen LogP contribution in [-0.2, 0) is 4.79 Å². The number of hydrogen-bond donors (Lipinski definition) is 1. The van der Waals surface area contributed by atoms with E-state index in [1.807, 2.05) is 30.1 Å². The number of likely N-dealkylation sites (tertiary alicyclic amines) is 1. The molecule has 2 heterocycles. The van der Waals surface area contributed by atoms with E-state index in [1.54, 1.807) is 11.3 Å². The zero-order valence-electron chi connectivity index (χ0n) is 15.1. The van der Waals surface area contributed by atoms with Crippen molar-refractivity contribution in [3.63, 3.8) is 0 Å². The summed E-state index contributed by atoms with van der Waals surface area (Å²) in [5.41, 5.74) is 1.02. The van der Waals surface area contributed by atoms with Gasteiger partial charge in [0.05, 0.1) is 29.3 Å². The highest BCUT2D eigenvalue weighted by Gasteiger charge is 2.29. The van der Waals surface area contributed by atoms with E-state index in [0.717, 1.165) is 23.6 Å². The summed E-state index contributed by atoms with van der Waals surface area (Å²) >= 11 is 1.69. The monoisotopic (exact) mass is 346 g/mol. The van der Waals surface area contributed by atoms with E-state index in [-0.39, 0.29) is 11.9 Å². The lowest BCUT2D eigenvalue weighted by molar-refractivity contribution is -0.904. The van der Waals surface area contributed by atoms with Crippen molar-refractivity contribution in [1.29, 1.82) is 0 Å². The minimum atomic E-state index is 0.0222. The molecule has 24 heavy (non-hydrogen) atoms. The lowest BCUT2D eigenvalue weighted by atomic mass is 9.92. The van der Waals surface area contributed by atoms with Crippen molar-refractivity contribution in [3.8, 4) is 0 Å². The second kappa shape index (κ2) is 7.19. The summed E-state index contributed by atoms with van der Waals surface area (Å²) in [6.45, 7) is 9.49. The Morgan fingerprint density at radius 3 is 2.67 bits per heavy atom. The number of piperidine rings is 1. The number of carbonyl (C=O) groups excluding carboxylic acids is 1. The van der Waals surface area contributed by atoms with Gasteiger partial charge in [-0.15, -0.1) is 11.3 Å². The number of fused-ring (bicyclic) bond motifs is 1. The molecular formula is C19H28N3OS+. The van der Waals surface area contributed by atoms with E-state index in [0.29, 0.717) is 18.4 Å². The summed E-state index contributed by atoms with van der Waals surface area (Å²) in [5, 5.41) is 1.02. The fourth-order valence-electron chi connectivity index (χ4n) is 3.86. The molecular weight excluding hydrogens is 318 g/mol. The van der Waals surface area contributed by atoms with Crippen molar-refractivity contribution in [2.75, 3.05) is 26.7 Å². The Hall–Kier alpha value is -1.46. The van der Waals surface area contributed by atoms with E-state index >= 15 is 0 Å². The standard InChI is InChI=1S/C19H27N3OS/c1-13-9-14(2)11-22(10-13)12-18(23)21(4)15(3)19-20-16-7-5-6-8-17(16)24-19/h5-8,13-15H,9-12H2,1-4H3/p+1/t13-,14+,15-/m0/s1. The Balaban J connectivity index is 1.66. The van der Waals surface area contributed by atoms with Crippen LogP contribution in [0.4, 0.5) is 0 Å². The van der Waals surface area contributed by atoms with Gasteiger partial charge in [0.2, 0.25) is 0 Å². The van der Waals surface area contributed by atoms with Crippen LogP contribution in [0.1, 0.15) is 38.2 Å². The van der Waals surface area contributed by atoms with Crippen LogP contribution >= 0.6 is 11.3 Å². The van der Waals surface area contributed by atoms with Crippen LogP contribution in [0.2, 0.25) is 0 Å². The zero-order valence-corrected chi connectivity index (χ0v) is 15.9. The molecule has 2 aromatic rings. The second-order valence-electron chi connectivity index (χ2n) is 7.48. The normalized spacial score (nSPS) is 25.6. The molecule has 1 amide bonds. The molecule has 4 atom stereocenters. The molecule has 1 saturated heterocycles. The molecule has 1 aromatic heterocycles. The van der Waals surface area contributed by atoms with Crippen molar-refractivity contribution >= 4 is 27.5 Å². The molecule has 3 rings (SSSR count). The van der Waals surface area contributed by atoms with Gasteiger partial charge in [-0.1, -0.05) is 26.0 Å². The largest absolute Gasteiger partial charge is 0.332 e. The Bertz CT molecular complexity index is 670. The third-order valence-corrected chi connectivity index (χ3v) is 6.33. The average molecular weight is 347 g/mol. The third-order valence-electron chi connectivity index (χ3n) is 5.12. The maximum atomic E-state index is 12.7. The molecule has 1 aliphatic rings. The number of thiazole rings is 1. The fraction of sp³-hybridized carbons (Fsp3) is 0.579. The van der Waals surface area contributed by atoms with E-state index in [9.17, 15) is 4.79 Å². The molecule has 1 aliphatic heterocycles. The Kier molecular flexibility index (Phi) is 5.21. The van der Waals surface area contributed by atoms with Crippen molar-refractivity contribution in [2.24, 2.45) is 11.8 Å². The van der Waals surface area contributed by atoms with Crippen LogP contribution in [0, 0.1) is 11.8 Å². The van der Waals surface area contributed by atoms with Crippen LogP contribution in [0.5, 0.6) is 0 Å². The SMILES string of the molecule is C[C@@H]1C[C@H](C)C[NH+](CC(=O)N(C)[C@@H](C)c2nc3ccccc3s2)C1. The summed E-state index contributed by atoms with van der Waals surface area (Å²) < 4.78 is 1.18. The summed E-state index contributed by atoms with van der Waals surface area (Å²) in [4.78, 5) is 20.7. The molecule has 0 radical (unpaired) electrons. The van der Waals surface area contributed by atoms with Gasteiger partial charge >= 0.3 is 0 Å². The fourth-order valence-corrected chi connectivity index (χ4v) is 4.92. The predicted molar refractivity (Wildman–Crippen MR) is 99.3 cm³/mol. The Morgan fingerprint density at radius 2 is 2.00 bits per heavy atom. The summed E-state index contributed by atoms with van der Waals surface area (Å²) in [6, 6.07) is 8.18. The highest BCUT2D eigenvalue weighted by molar-refractivity contribution is 7.18. The minimum Gasteiger partial charge on any atom is -0.332 e. The van der Waals surface area contributed by atoms with E-state index in [2.05, 4.69) is 26.8 Å². The molecule has 0 saturated carbocycles. The number of likely N-dealkylation sites (N-methyl/N-ethyl adjacent to an activating group) is 1. The van der Waals surface area contributed by atoms with Gasteiger partial charge in [-0.25, -0.2) is 4.98 Å². The molecule has 0 aliphatic carbocycles. The van der Waals surface area contributed by atoms with Gasteiger partial charge in [-0.3, -0.25) is 4.79 Å². The maximum Gasteiger partial charge on any atom is 0.278 e. The number of hydrogen-bond acceptors (Lipinski definition) is 3. The predicted octanol–water partition coefficient (Wildman–Crippen LogP) is 2.38. The first-order valence-electron chi connectivity index (χ1n) is 8.88. The summed E-state index contributed by atoms with van der Waals surface area (Å²) in [6.07, 6.45) is 1.29. The van der Waals surface area contributed by atoms with Gasteiger partial charge in [0.25, 0.3) is 5.91 Å². The maximum absolute atomic E-state index is 12.7. The van der Waals surface area contributed by atoms with Gasteiger partial charge in [0, 0.05) is 18.9 Å². The number of quaternary nitrogens is 1. The van der Waals surface area contributed by atoms with Gasteiger partial charge in [0.15, 0.2) is 6.54 Å². The van der Waals surface area contributed by atoms with Crippen molar-refractivity contribution in [2.45, 2.75) is 33.2 Å². The molecule has 130 valence electrons. The number of amides is 1. The second-order valence-corrected chi connectivity index (χ2v) is 8.54. The van der Waals surface area contributed by atoms with Crippen LogP contribution in [0.25, 0.3) is 10.2 Å². The van der Waals surface area contributed by atoms with Crippen LogP contribution in [0.3, 0.4) is 0 Å². The van der Waals surface area contributed by atoms with Gasteiger partial charge in [-0.05, 0) is 25.5 Å². The quantitative estimate of drug-likeness (QED) is 0.923. The first kappa shape index (κ1) is 17.4. The van der Waals surface area contributed by atoms with E-state index < -0.39 is 0 Å². The minimum absolute atomic E-state index is 0.0222. The summed E-state index contributed by atoms with van der Waals surface area (Å²) in [7, 11) is 1.91. The molecule has 1 N–H and O–H groups in total. The lowest BCUT2D eigenvalue weighted by Crippen LogP contribution is -3.15. The Labute approximate surface area is 148 Å². The molecule has 5 heteroatoms. The zero-order chi connectivity index (χ0) is 17.3. The highest BCUT2D eigenvalue weighted by Crippen LogP contribution is 2.28. The first-order valence-corrected chi connectivity index (χ1v) is 9.70. The van der Waals surface area contributed by atoms with Crippen LogP contribution in [-0.4, -0.2) is 42.5 Å². The highest BCUT2D eigenvalue weighted by atomic mass is 32.1.